The molecule has 3 fully saturated rings. The van der Waals surface area contributed by atoms with Gasteiger partial charge in [-0.25, -0.2) is 0 Å². The van der Waals surface area contributed by atoms with E-state index in [1.165, 1.54) is 25.8 Å². The smallest absolute Gasteiger partial charge is 0.273 e. The van der Waals surface area contributed by atoms with Crippen LogP contribution in [0, 0.1) is 0 Å². The number of rotatable bonds is 3. The Balaban J connectivity index is 1.41. The minimum Gasteiger partial charge on any atom is -0.360 e. The van der Waals surface area contributed by atoms with Crippen molar-refractivity contribution in [1.82, 2.24) is 15.4 Å². The molecular formula is C15H21N3O2. The first-order valence-electron chi connectivity index (χ1n) is 7.83. The van der Waals surface area contributed by atoms with Crippen molar-refractivity contribution in [3.8, 4) is 0 Å². The van der Waals surface area contributed by atoms with Gasteiger partial charge < -0.3 is 9.84 Å². The van der Waals surface area contributed by atoms with E-state index >= 15 is 0 Å². The number of nitrogens with zero attached hydrogens (tertiary/aromatic N) is 2. The summed E-state index contributed by atoms with van der Waals surface area (Å²) in [4.78, 5) is 14.8. The molecule has 5 nitrogen and oxygen atoms in total. The number of carbonyl (C=O) groups excluding carboxylic acids is 1. The highest BCUT2D eigenvalue weighted by molar-refractivity contribution is 5.92. The molecule has 1 amide bonds. The number of amides is 1. The topological polar surface area (TPSA) is 58.4 Å². The lowest BCUT2D eigenvalue weighted by Crippen LogP contribution is -2.46. The van der Waals surface area contributed by atoms with Crippen LogP contribution in [0.5, 0.6) is 0 Å². The highest BCUT2D eigenvalue weighted by atomic mass is 16.5. The Morgan fingerprint density at radius 2 is 2.15 bits per heavy atom. The maximum Gasteiger partial charge on any atom is 0.273 e. The fourth-order valence-corrected chi connectivity index (χ4v) is 3.61. The van der Waals surface area contributed by atoms with Gasteiger partial charge in [-0.05, 0) is 38.6 Å². The van der Waals surface area contributed by atoms with Gasteiger partial charge in [0.15, 0.2) is 5.69 Å². The van der Waals surface area contributed by atoms with E-state index in [9.17, 15) is 4.79 Å². The summed E-state index contributed by atoms with van der Waals surface area (Å²) in [6, 6.07) is 2.63. The van der Waals surface area contributed by atoms with Gasteiger partial charge in [-0.1, -0.05) is 11.6 Å². The van der Waals surface area contributed by atoms with E-state index in [0.717, 1.165) is 31.6 Å². The molecule has 108 valence electrons. The number of aromatic nitrogens is 1. The van der Waals surface area contributed by atoms with Crippen LogP contribution >= 0.6 is 0 Å². The SMILES string of the molecule is O=C(N[C@H]1CCN2CCCC[C@H]12)c1cc(C2CC2)on1. The Hall–Kier alpha value is -1.36. The van der Waals surface area contributed by atoms with Gasteiger partial charge in [0, 0.05) is 30.6 Å². The molecule has 3 heterocycles. The largest absolute Gasteiger partial charge is 0.360 e. The van der Waals surface area contributed by atoms with Gasteiger partial charge in [-0.2, -0.15) is 0 Å². The molecule has 2 atom stereocenters. The van der Waals surface area contributed by atoms with Crippen LogP contribution in [0.1, 0.15) is 60.7 Å². The van der Waals surface area contributed by atoms with Crippen LogP contribution in [0.25, 0.3) is 0 Å². The lowest BCUT2D eigenvalue weighted by molar-refractivity contribution is 0.0906. The summed E-state index contributed by atoms with van der Waals surface area (Å²) in [6.07, 6.45) is 7.17. The van der Waals surface area contributed by atoms with E-state index in [-0.39, 0.29) is 11.9 Å². The van der Waals surface area contributed by atoms with Crippen LogP contribution in [0.3, 0.4) is 0 Å². The van der Waals surface area contributed by atoms with Gasteiger partial charge in [0.05, 0.1) is 0 Å². The molecule has 5 heteroatoms. The first kappa shape index (κ1) is 12.4. The molecule has 1 aliphatic carbocycles. The average Bonchev–Trinajstić information content (AvgIpc) is 3.06. The van der Waals surface area contributed by atoms with E-state index in [1.807, 2.05) is 6.07 Å². The Morgan fingerprint density at radius 1 is 1.25 bits per heavy atom. The maximum absolute atomic E-state index is 12.3. The van der Waals surface area contributed by atoms with Gasteiger partial charge in [0.25, 0.3) is 5.91 Å². The van der Waals surface area contributed by atoms with Gasteiger partial charge in [0.1, 0.15) is 5.76 Å². The van der Waals surface area contributed by atoms with Crippen LogP contribution in [0.4, 0.5) is 0 Å². The van der Waals surface area contributed by atoms with Crippen LogP contribution < -0.4 is 5.32 Å². The molecular weight excluding hydrogens is 254 g/mol. The number of fused-ring (bicyclic) bond motifs is 1. The van der Waals surface area contributed by atoms with Crippen molar-refractivity contribution in [1.29, 1.82) is 0 Å². The first-order valence-corrected chi connectivity index (χ1v) is 7.83. The van der Waals surface area contributed by atoms with Gasteiger partial charge in [0.2, 0.25) is 0 Å². The Labute approximate surface area is 118 Å². The van der Waals surface area contributed by atoms with E-state index in [2.05, 4.69) is 15.4 Å². The standard InChI is InChI=1S/C15H21N3O2/c19-15(12-9-14(20-17-12)10-4-5-10)16-11-6-8-18-7-2-1-3-13(11)18/h9-11,13H,1-8H2,(H,16,19)/t11-,13+/m0/s1. The van der Waals surface area contributed by atoms with Crippen LogP contribution in [-0.4, -0.2) is 41.1 Å². The van der Waals surface area contributed by atoms with E-state index in [1.54, 1.807) is 0 Å². The molecule has 0 unspecified atom stereocenters. The van der Waals surface area contributed by atoms with Crippen molar-refractivity contribution in [2.45, 2.75) is 56.5 Å². The molecule has 0 spiro atoms. The molecule has 0 aromatic carbocycles. The Morgan fingerprint density at radius 3 is 3.00 bits per heavy atom. The predicted molar refractivity (Wildman–Crippen MR) is 73.6 cm³/mol. The van der Waals surface area contributed by atoms with Crippen molar-refractivity contribution >= 4 is 5.91 Å². The molecule has 1 N–H and O–H groups in total. The normalized spacial score (nSPS) is 30.2. The number of carbonyl (C=O) groups is 1. The fourth-order valence-electron chi connectivity index (χ4n) is 3.61. The summed E-state index contributed by atoms with van der Waals surface area (Å²) in [5, 5.41) is 7.09. The molecule has 2 aliphatic heterocycles. The molecule has 20 heavy (non-hydrogen) atoms. The van der Waals surface area contributed by atoms with E-state index < -0.39 is 0 Å². The highest BCUT2D eigenvalue weighted by Crippen LogP contribution is 2.40. The summed E-state index contributed by atoms with van der Waals surface area (Å²) in [7, 11) is 0. The molecule has 1 aromatic heterocycles. The minimum atomic E-state index is -0.0712. The zero-order valence-corrected chi connectivity index (χ0v) is 11.7. The van der Waals surface area contributed by atoms with Gasteiger partial charge in [-0.3, -0.25) is 9.69 Å². The number of piperidine rings is 1. The van der Waals surface area contributed by atoms with Crippen LogP contribution in [-0.2, 0) is 0 Å². The third kappa shape index (κ3) is 2.24. The van der Waals surface area contributed by atoms with Crippen molar-refractivity contribution in [2.24, 2.45) is 0 Å². The number of nitrogens with one attached hydrogen (secondary N) is 1. The molecule has 3 aliphatic rings. The van der Waals surface area contributed by atoms with Gasteiger partial charge in [-0.15, -0.1) is 0 Å². The molecule has 0 radical (unpaired) electrons. The molecule has 1 saturated carbocycles. The third-order valence-electron chi connectivity index (χ3n) is 4.91. The summed E-state index contributed by atoms with van der Waals surface area (Å²) in [6.45, 7) is 2.30. The second-order valence-corrected chi connectivity index (χ2v) is 6.36. The number of hydrogen-bond donors (Lipinski definition) is 1. The summed E-state index contributed by atoms with van der Waals surface area (Å²) in [5.74, 6) is 1.31. The Bertz CT molecular complexity index is 509. The highest BCUT2D eigenvalue weighted by Gasteiger charge is 2.37. The molecule has 1 aromatic rings. The zero-order chi connectivity index (χ0) is 13.5. The van der Waals surface area contributed by atoms with E-state index in [4.69, 9.17) is 4.52 Å². The zero-order valence-electron chi connectivity index (χ0n) is 11.7. The lowest BCUT2D eigenvalue weighted by atomic mass is 9.99. The summed E-state index contributed by atoms with van der Waals surface area (Å²) in [5.41, 5.74) is 0.446. The summed E-state index contributed by atoms with van der Waals surface area (Å²) < 4.78 is 5.26. The second-order valence-electron chi connectivity index (χ2n) is 6.36. The first-order chi connectivity index (χ1) is 9.81. The predicted octanol–water partition coefficient (Wildman–Crippen LogP) is 1.91. The average molecular weight is 275 g/mol. The minimum absolute atomic E-state index is 0.0712. The van der Waals surface area contributed by atoms with Crippen molar-refractivity contribution in [3.63, 3.8) is 0 Å². The molecule has 4 rings (SSSR count). The lowest BCUT2D eigenvalue weighted by Gasteiger charge is -2.32. The molecule has 2 saturated heterocycles. The fraction of sp³-hybridized carbons (Fsp3) is 0.733. The maximum atomic E-state index is 12.3. The van der Waals surface area contributed by atoms with E-state index in [0.29, 0.717) is 17.7 Å². The summed E-state index contributed by atoms with van der Waals surface area (Å²) >= 11 is 0. The number of hydrogen-bond acceptors (Lipinski definition) is 4. The van der Waals surface area contributed by atoms with Crippen molar-refractivity contribution in [2.75, 3.05) is 13.1 Å². The van der Waals surface area contributed by atoms with Crippen LogP contribution in [0.15, 0.2) is 10.6 Å². The second kappa shape index (κ2) is 4.88. The Kier molecular flexibility index (Phi) is 3.02. The van der Waals surface area contributed by atoms with Crippen molar-refractivity contribution < 1.29 is 9.32 Å². The molecule has 0 bridgehead atoms. The van der Waals surface area contributed by atoms with Crippen LogP contribution in [0.2, 0.25) is 0 Å². The van der Waals surface area contributed by atoms with Crippen molar-refractivity contribution in [3.05, 3.63) is 17.5 Å². The third-order valence-corrected chi connectivity index (χ3v) is 4.91. The quantitative estimate of drug-likeness (QED) is 0.915. The monoisotopic (exact) mass is 275 g/mol. The van der Waals surface area contributed by atoms with Gasteiger partial charge >= 0.3 is 0 Å².